The fourth-order valence-corrected chi connectivity index (χ4v) is 6.49. The molecule has 0 unspecified atom stereocenters. The van der Waals surface area contributed by atoms with Crippen molar-refractivity contribution in [3.63, 3.8) is 0 Å². The highest BCUT2D eigenvalue weighted by molar-refractivity contribution is 7.15. The van der Waals surface area contributed by atoms with Gasteiger partial charge in [0.15, 0.2) is 5.82 Å². The van der Waals surface area contributed by atoms with Crippen LogP contribution in [0.3, 0.4) is 0 Å². The van der Waals surface area contributed by atoms with Crippen molar-refractivity contribution in [2.24, 2.45) is 10.9 Å². The van der Waals surface area contributed by atoms with Gasteiger partial charge in [-0.2, -0.15) is 0 Å². The maximum atomic E-state index is 13.5. The summed E-state index contributed by atoms with van der Waals surface area (Å²) in [6, 6.07) is 6.68. The molecule has 3 aromatic rings. The molecule has 1 aromatic carbocycles. The van der Waals surface area contributed by atoms with Crippen LogP contribution in [-0.2, 0) is 9.53 Å². The van der Waals surface area contributed by atoms with E-state index in [1.54, 1.807) is 23.5 Å². The number of aromatic nitrogens is 3. The van der Waals surface area contributed by atoms with Gasteiger partial charge in [-0.05, 0) is 44.4 Å². The van der Waals surface area contributed by atoms with Gasteiger partial charge in [0.2, 0.25) is 5.91 Å². The maximum absolute atomic E-state index is 13.5. The van der Waals surface area contributed by atoms with Crippen molar-refractivity contribution in [1.82, 2.24) is 19.7 Å². The van der Waals surface area contributed by atoms with Crippen molar-refractivity contribution >= 4 is 34.6 Å². The highest BCUT2D eigenvalue weighted by atomic mass is 35.5. The van der Waals surface area contributed by atoms with Gasteiger partial charge in [0.25, 0.3) is 5.92 Å². The lowest BCUT2D eigenvalue weighted by Gasteiger charge is -2.39. The molecule has 7 nitrogen and oxygen atoms in total. The number of halogens is 3. The molecule has 202 valence electrons. The average Bonchev–Trinajstić information content (AvgIpc) is 3.39. The highest BCUT2D eigenvalue weighted by Gasteiger charge is 2.47. The summed E-state index contributed by atoms with van der Waals surface area (Å²) in [6.07, 6.45) is 1.75. The number of aliphatic imine (C=N–C) groups is 1. The van der Waals surface area contributed by atoms with E-state index in [1.165, 1.54) is 4.90 Å². The fraction of sp³-hybridized carbons (Fsp3) is 0.429. The lowest BCUT2D eigenvalue weighted by atomic mass is 9.98. The molecule has 11 heteroatoms. The molecule has 0 aliphatic carbocycles. The molecule has 1 amide bonds. The van der Waals surface area contributed by atoms with Crippen molar-refractivity contribution in [2.75, 3.05) is 26.3 Å². The average molecular weight is 570 g/mol. The van der Waals surface area contributed by atoms with Crippen molar-refractivity contribution in [1.29, 1.82) is 0 Å². The van der Waals surface area contributed by atoms with Gasteiger partial charge in [0.05, 0.1) is 30.1 Å². The minimum absolute atomic E-state index is 0.0876. The van der Waals surface area contributed by atoms with E-state index >= 15 is 0 Å². The van der Waals surface area contributed by atoms with E-state index in [9.17, 15) is 13.6 Å². The van der Waals surface area contributed by atoms with Crippen LogP contribution in [0.4, 0.5) is 8.78 Å². The second-order valence-electron chi connectivity index (χ2n) is 10.1. The van der Waals surface area contributed by atoms with Gasteiger partial charge in [0, 0.05) is 35.3 Å². The molecular weight excluding hydrogens is 544 g/mol. The number of hydrogen-bond acceptors (Lipinski definition) is 6. The van der Waals surface area contributed by atoms with Crippen molar-refractivity contribution < 1.29 is 18.3 Å². The number of ether oxygens (including phenoxy) is 1. The Balaban J connectivity index is 1.46. The predicted molar refractivity (Wildman–Crippen MR) is 145 cm³/mol. The van der Waals surface area contributed by atoms with Gasteiger partial charge in [0.1, 0.15) is 16.9 Å². The molecule has 0 bridgehead atoms. The number of alkyl halides is 2. The Labute approximate surface area is 233 Å². The summed E-state index contributed by atoms with van der Waals surface area (Å²) in [7, 11) is 0. The van der Waals surface area contributed by atoms with E-state index in [-0.39, 0.29) is 12.3 Å². The summed E-state index contributed by atoms with van der Waals surface area (Å²) in [6.45, 7) is 4.20. The lowest BCUT2D eigenvalue weighted by Crippen LogP contribution is -2.58. The number of likely N-dealkylation sites (tertiary alicyclic amines) is 1. The Morgan fingerprint density at radius 1 is 1.18 bits per heavy atom. The lowest BCUT2D eigenvalue weighted by molar-refractivity contribution is -0.166. The molecule has 1 atom stereocenters. The Hall–Kier alpha value is -3.13. The Morgan fingerprint density at radius 2 is 1.90 bits per heavy atom. The van der Waals surface area contributed by atoms with Gasteiger partial charge in [-0.1, -0.05) is 35.6 Å². The van der Waals surface area contributed by atoms with E-state index in [4.69, 9.17) is 21.3 Å². The van der Waals surface area contributed by atoms with E-state index in [0.29, 0.717) is 28.3 Å². The maximum Gasteiger partial charge on any atom is 0.282 e. The van der Waals surface area contributed by atoms with Gasteiger partial charge in [-0.25, -0.2) is 8.78 Å². The molecule has 2 aromatic heterocycles. The van der Waals surface area contributed by atoms with Crippen LogP contribution in [0.2, 0.25) is 5.02 Å². The van der Waals surface area contributed by atoms with Crippen LogP contribution in [-0.4, -0.2) is 63.5 Å². The number of hydrogen-bond donors (Lipinski definition) is 0. The van der Waals surface area contributed by atoms with Crippen molar-refractivity contribution in [3.05, 3.63) is 62.5 Å². The first-order chi connectivity index (χ1) is 18.7. The highest BCUT2D eigenvalue weighted by Crippen LogP contribution is 2.40. The van der Waals surface area contributed by atoms with E-state index in [0.717, 1.165) is 52.6 Å². The summed E-state index contributed by atoms with van der Waals surface area (Å²) in [4.78, 5) is 20.2. The van der Waals surface area contributed by atoms with Crippen molar-refractivity contribution in [3.8, 4) is 16.8 Å². The first-order valence-corrected chi connectivity index (χ1v) is 14.0. The number of nitrogens with zero attached hydrogens (tertiary/aromatic N) is 5. The second-order valence-corrected chi connectivity index (χ2v) is 11.6. The molecule has 0 N–H and O–H groups in total. The zero-order chi connectivity index (χ0) is 27.3. The molecular formula is C28H26ClF2N5O2S. The van der Waals surface area contributed by atoms with Crippen LogP contribution in [0.5, 0.6) is 0 Å². The topological polar surface area (TPSA) is 72.6 Å². The Morgan fingerprint density at radius 3 is 2.59 bits per heavy atom. The number of benzene rings is 1. The quantitative estimate of drug-likeness (QED) is 0.410. The van der Waals surface area contributed by atoms with E-state index < -0.39 is 25.1 Å². The third-order valence-electron chi connectivity index (χ3n) is 7.29. The second kappa shape index (κ2) is 10.1. The number of carbonyl (C=O) groups is 1. The number of fused-ring (bicyclic) bond motifs is 3. The van der Waals surface area contributed by atoms with Gasteiger partial charge >= 0.3 is 0 Å². The Kier molecular flexibility index (Phi) is 6.78. The fourth-order valence-electron chi connectivity index (χ4n) is 5.13. The van der Waals surface area contributed by atoms with Crippen LogP contribution >= 0.6 is 22.9 Å². The molecule has 3 aliphatic rings. The van der Waals surface area contributed by atoms with Crippen molar-refractivity contribution in [2.45, 2.75) is 45.1 Å². The normalized spacial score (nSPS) is 20.2. The number of thiophene rings is 1. The van der Waals surface area contributed by atoms with Crippen LogP contribution < -0.4 is 0 Å². The molecule has 3 aliphatic heterocycles. The third kappa shape index (κ3) is 4.99. The van der Waals surface area contributed by atoms with Gasteiger partial charge in [-0.15, -0.1) is 21.5 Å². The molecule has 2 saturated heterocycles. The van der Waals surface area contributed by atoms with Crippen LogP contribution in [0.15, 0.2) is 29.3 Å². The van der Waals surface area contributed by atoms with E-state index in [2.05, 4.69) is 22.0 Å². The zero-order valence-electron chi connectivity index (χ0n) is 21.5. The predicted octanol–water partition coefficient (Wildman–Crippen LogP) is 5.14. The molecule has 0 spiro atoms. The Bertz CT molecular complexity index is 1520. The zero-order valence-corrected chi connectivity index (χ0v) is 23.1. The summed E-state index contributed by atoms with van der Waals surface area (Å²) < 4.78 is 34.4. The minimum atomic E-state index is -2.84. The molecule has 39 heavy (non-hydrogen) atoms. The monoisotopic (exact) mass is 569 g/mol. The summed E-state index contributed by atoms with van der Waals surface area (Å²) in [5, 5.41) is 10.2. The standard InChI is InChI=1S/C28H26ClF2N5O2S/c1-16-22(8-3-18-9-11-38-12-10-18)39-27-24(16)25(19-4-6-20(29)7-5-19)32-21(26-34-33-17(2)36(26)27)13-23(37)35-14-28(30,31)15-35/h4-7,18,21H,9-15H2,1-2H3/t21-/m0/s1. The van der Waals surface area contributed by atoms with Crippen LogP contribution in [0.1, 0.15) is 58.5 Å². The number of amides is 1. The largest absolute Gasteiger partial charge is 0.381 e. The smallest absolute Gasteiger partial charge is 0.282 e. The first kappa shape index (κ1) is 26.1. The number of carbonyl (C=O) groups excluding carboxylic acids is 1. The molecule has 0 radical (unpaired) electrons. The molecule has 2 fully saturated rings. The molecule has 0 saturated carbocycles. The summed E-state index contributed by atoms with van der Waals surface area (Å²) >= 11 is 7.74. The van der Waals surface area contributed by atoms with Crippen LogP contribution in [0, 0.1) is 31.6 Å². The van der Waals surface area contributed by atoms with Gasteiger partial charge < -0.3 is 9.64 Å². The number of aryl methyl sites for hydroxylation is 1. The SMILES string of the molecule is Cc1c(C#CC2CCOCC2)sc2c1C(c1ccc(Cl)cc1)=N[C@@H](CC(=O)N1CC(F)(F)C1)c1nnc(C)n1-2. The number of rotatable bonds is 3. The first-order valence-electron chi connectivity index (χ1n) is 12.8. The van der Waals surface area contributed by atoms with E-state index in [1.807, 2.05) is 30.5 Å². The molecule has 6 rings (SSSR count). The summed E-state index contributed by atoms with van der Waals surface area (Å²) in [5.74, 6) is 5.07. The molecule has 5 heterocycles. The summed E-state index contributed by atoms with van der Waals surface area (Å²) in [5.41, 5.74) is 3.39. The third-order valence-corrected chi connectivity index (χ3v) is 8.74. The van der Waals surface area contributed by atoms with Crippen LogP contribution in [0.25, 0.3) is 5.00 Å². The minimum Gasteiger partial charge on any atom is -0.381 e. The van der Waals surface area contributed by atoms with Gasteiger partial charge in [-0.3, -0.25) is 14.4 Å².